The molecular formula is C7H18O3Si3. The molecule has 0 fully saturated rings. The van der Waals surface area contributed by atoms with Gasteiger partial charge in [-0.05, 0) is 23.1 Å². The van der Waals surface area contributed by atoms with Crippen molar-refractivity contribution in [2.45, 2.75) is 26.0 Å². The zero-order chi connectivity index (χ0) is 10.4. The lowest BCUT2D eigenvalue weighted by Gasteiger charge is -2.19. The third-order valence-electron chi connectivity index (χ3n) is 1.86. The number of ether oxygens (including phenoxy) is 1. The summed E-state index contributed by atoms with van der Waals surface area (Å²) < 4.78 is 5.14. The predicted octanol–water partition coefficient (Wildman–Crippen LogP) is -1.91. The molecule has 0 rings (SSSR count). The van der Waals surface area contributed by atoms with Crippen molar-refractivity contribution in [3.63, 3.8) is 0 Å². The van der Waals surface area contributed by atoms with Gasteiger partial charge < -0.3 is 9.53 Å². The third kappa shape index (κ3) is 4.55. The van der Waals surface area contributed by atoms with E-state index < -0.39 is 8.56 Å². The zero-order valence-corrected chi connectivity index (χ0v) is 13.1. The van der Waals surface area contributed by atoms with Gasteiger partial charge in [-0.15, -0.1) is 0 Å². The maximum atomic E-state index is 11.1. The molecule has 0 aliphatic rings. The van der Waals surface area contributed by atoms with Gasteiger partial charge in [0.1, 0.15) is 5.73 Å². The molecule has 3 nitrogen and oxygen atoms in total. The SMILES string of the molecule is C=C(C)C(=O)OC(CC)[SiH](O)[SiH2][SiH3]. The monoisotopic (exact) mass is 234 g/mol. The second-order valence-corrected chi connectivity index (χ2v) is 18.1. The number of esters is 1. The highest BCUT2D eigenvalue weighted by Crippen LogP contribution is 2.04. The lowest BCUT2D eigenvalue weighted by molar-refractivity contribution is -0.141. The minimum Gasteiger partial charge on any atom is -0.461 e. The molecule has 13 heavy (non-hydrogen) atoms. The lowest BCUT2D eigenvalue weighted by atomic mass is 10.4. The van der Waals surface area contributed by atoms with Crippen LogP contribution in [0.25, 0.3) is 0 Å². The molecule has 0 bridgehead atoms. The van der Waals surface area contributed by atoms with Crippen molar-refractivity contribution in [1.82, 2.24) is 0 Å². The summed E-state index contributed by atoms with van der Waals surface area (Å²) in [6.07, 6.45) is 0.738. The van der Waals surface area contributed by atoms with Crippen LogP contribution in [0.1, 0.15) is 20.3 Å². The van der Waals surface area contributed by atoms with Gasteiger partial charge in [-0.1, -0.05) is 13.5 Å². The van der Waals surface area contributed by atoms with E-state index >= 15 is 0 Å². The van der Waals surface area contributed by atoms with Crippen LogP contribution in [0, 0.1) is 0 Å². The first-order valence-electron chi connectivity index (χ1n) is 4.57. The Bertz CT molecular complexity index is 195. The van der Waals surface area contributed by atoms with E-state index in [4.69, 9.17) is 4.74 Å². The smallest absolute Gasteiger partial charge is 0.333 e. The van der Waals surface area contributed by atoms with E-state index in [9.17, 15) is 9.59 Å². The highest BCUT2D eigenvalue weighted by Gasteiger charge is 2.22. The molecule has 6 heteroatoms. The molecule has 0 saturated carbocycles. The predicted molar refractivity (Wildman–Crippen MR) is 62.8 cm³/mol. The van der Waals surface area contributed by atoms with Crippen LogP contribution in [0.3, 0.4) is 0 Å². The Balaban J connectivity index is 4.12. The van der Waals surface area contributed by atoms with E-state index in [2.05, 4.69) is 6.58 Å². The molecule has 0 radical (unpaired) electrons. The molecule has 0 spiro atoms. The van der Waals surface area contributed by atoms with Crippen LogP contribution in [0.4, 0.5) is 0 Å². The Morgan fingerprint density at radius 3 is 2.69 bits per heavy atom. The summed E-state index contributed by atoms with van der Waals surface area (Å²) in [4.78, 5) is 20.8. The molecule has 0 aliphatic carbocycles. The largest absolute Gasteiger partial charge is 0.461 e. The van der Waals surface area contributed by atoms with E-state index in [1.807, 2.05) is 6.92 Å². The Labute approximate surface area is 85.7 Å². The summed E-state index contributed by atoms with van der Waals surface area (Å²) in [6.45, 7) is 7.08. The van der Waals surface area contributed by atoms with E-state index in [-0.39, 0.29) is 20.3 Å². The van der Waals surface area contributed by atoms with Crippen LogP contribution in [0.5, 0.6) is 0 Å². The number of hydrogen-bond donors (Lipinski definition) is 1. The number of hydrogen-bond acceptors (Lipinski definition) is 3. The molecule has 0 amide bonds. The van der Waals surface area contributed by atoms with Crippen molar-refractivity contribution in [3.8, 4) is 0 Å². The summed E-state index contributed by atoms with van der Waals surface area (Å²) in [5, 5.41) is 0. The molecule has 2 unspecified atom stereocenters. The molecule has 0 heterocycles. The second-order valence-electron chi connectivity index (χ2n) is 3.11. The highest BCUT2D eigenvalue weighted by atomic mass is 29.5. The minimum atomic E-state index is -1.68. The van der Waals surface area contributed by atoms with E-state index in [1.165, 1.54) is 0 Å². The molecule has 76 valence electrons. The van der Waals surface area contributed by atoms with Crippen LogP contribution in [0.2, 0.25) is 0 Å². The summed E-state index contributed by atoms with van der Waals surface area (Å²) in [5.41, 5.74) is 0.239. The number of carbonyl (C=O) groups excluding carboxylic acids is 1. The first-order valence-corrected chi connectivity index (χ1v) is 14.7. The van der Waals surface area contributed by atoms with Gasteiger partial charge >= 0.3 is 5.97 Å². The minimum absolute atomic E-state index is 0.173. The van der Waals surface area contributed by atoms with Crippen molar-refractivity contribution < 1.29 is 14.3 Å². The second kappa shape index (κ2) is 6.30. The van der Waals surface area contributed by atoms with E-state index in [0.717, 1.165) is 16.2 Å². The topological polar surface area (TPSA) is 46.5 Å². The van der Waals surface area contributed by atoms with Crippen LogP contribution in [-0.2, 0) is 9.53 Å². The summed E-state index contributed by atoms with van der Waals surface area (Å²) in [7, 11) is -0.830. The summed E-state index contributed by atoms with van der Waals surface area (Å²) in [6, 6.07) is 0. The molecule has 1 N–H and O–H groups in total. The maximum absolute atomic E-state index is 11.1. The van der Waals surface area contributed by atoms with Crippen LogP contribution in [0.15, 0.2) is 12.2 Å². The van der Waals surface area contributed by atoms with E-state index in [1.54, 1.807) is 6.92 Å². The number of rotatable bonds is 5. The van der Waals surface area contributed by atoms with Crippen molar-refractivity contribution >= 4 is 32.8 Å². The van der Waals surface area contributed by atoms with Crippen molar-refractivity contribution in [1.29, 1.82) is 0 Å². The Hall–Kier alpha value is -0.179. The normalized spacial score (nSPS) is 15.9. The number of carbonyl (C=O) groups is 1. The molecule has 2 atom stereocenters. The third-order valence-corrected chi connectivity index (χ3v) is 15.8. The Kier molecular flexibility index (Phi) is 6.21. The standard InChI is InChI=1S/C7H18O3Si3/c1-4-6(13(9)12-11)10-7(8)5(2)3/h6,9,13H,2,4,12H2,1,3,11H3. The lowest BCUT2D eigenvalue weighted by Crippen LogP contribution is -2.40. The van der Waals surface area contributed by atoms with Gasteiger partial charge in [-0.2, -0.15) is 0 Å². The van der Waals surface area contributed by atoms with Crippen LogP contribution in [-0.4, -0.2) is 43.4 Å². The molecule has 0 saturated heterocycles. The molecule has 0 aromatic carbocycles. The van der Waals surface area contributed by atoms with Gasteiger partial charge in [0.2, 0.25) is 0 Å². The van der Waals surface area contributed by atoms with Gasteiger partial charge in [-0.3, -0.25) is 0 Å². The fourth-order valence-corrected chi connectivity index (χ4v) is 9.88. The van der Waals surface area contributed by atoms with E-state index in [0.29, 0.717) is 5.57 Å². The Morgan fingerprint density at radius 2 is 2.38 bits per heavy atom. The van der Waals surface area contributed by atoms with Crippen LogP contribution >= 0.6 is 0 Å². The average Bonchev–Trinajstić information content (AvgIpc) is 2.12. The van der Waals surface area contributed by atoms with Gasteiger partial charge in [0.15, 0.2) is 8.56 Å². The average molecular weight is 234 g/mol. The fourth-order valence-electron chi connectivity index (χ4n) is 0.935. The molecule has 0 aromatic rings. The molecule has 0 aliphatic heterocycles. The van der Waals surface area contributed by atoms with Crippen molar-refractivity contribution in [2.75, 3.05) is 0 Å². The fraction of sp³-hybridized carbons (Fsp3) is 0.571. The van der Waals surface area contributed by atoms with Gasteiger partial charge in [-0.25, -0.2) is 4.79 Å². The maximum Gasteiger partial charge on any atom is 0.333 e. The molecular weight excluding hydrogens is 216 g/mol. The van der Waals surface area contributed by atoms with Gasteiger partial charge in [0.25, 0.3) is 0 Å². The van der Waals surface area contributed by atoms with Crippen molar-refractivity contribution in [3.05, 3.63) is 12.2 Å². The van der Waals surface area contributed by atoms with Crippen molar-refractivity contribution in [2.24, 2.45) is 0 Å². The first-order chi connectivity index (χ1) is 6.02. The Morgan fingerprint density at radius 1 is 1.85 bits per heavy atom. The molecule has 0 aromatic heterocycles. The summed E-state index contributed by atoms with van der Waals surface area (Å²) in [5.74, 6) is -0.359. The first kappa shape index (κ1) is 12.8. The van der Waals surface area contributed by atoms with Gasteiger partial charge in [0.05, 0.1) is 0 Å². The van der Waals surface area contributed by atoms with Crippen LogP contribution < -0.4 is 0 Å². The quantitative estimate of drug-likeness (QED) is 0.343. The highest BCUT2D eigenvalue weighted by molar-refractivity contribution is 7.29. The van der Waals surface area contributed by atoms with Gasteiger partial charge in [0, 0.05) is 14.1 Å². The summed E-state index contributed by atoms with van der Waals surface area (Å²) >= 11 is 0. The zero-order valence-electron chi connectivity index (χ0n) is 8.54.